The molecule has 4 aliphatic carbocycles. The van der Waals surface area contributed by atoms with E-state index in [0.29, 0.717) is 56.9 Å². The van der Waals surface area contributed by atoms with Crippen molar-refractivity contribution in [2.24, 2.45) is 58.2 Å². The summed E-state index contributed by atoms with van der Waals surface area (Å²) in [5, 5.41) is 48.1. The molecule has 8 rings (SSSR count). The Morgan fingerprint density at radius 3 is 1.58 bits per heavy atom. The quantitative estimate of drug-likeness (QED) is 0.0955. The Bertz CT molecular complexity index is 2600. The number of fused-ring (bicyclic) bond motifs is 5. The van der Waals surface area contributed by atoms with Gasteiger partial charge in [0, 0.05) is 11.1 Å². The van der Waals surface area contributed by atoms with Crippen LogP contribution < -0.4 is 148 Å². The number of allylic oxidation sites excluding steroid dienone is 1. The van der Waals surface area contributed by atoms with Crippen LogP contribution in [0.2, 0.25) is 10.0 Å². The van der Waals surface area contributed by atoms with Gasteiger partial charge >= 0.3 is 118 Å². The van der Waals surface area contributed by atoms with E-state index in [-0.39, 0.29) is 175 Å². The van der Waals surface area contributed by atoms with E-state index in [0.717, 1.165) is 54.8 Å². The molecule has 16 heteroatoms. The summed E-state index contributed by atoms with van der Waals surface area (Å²) in [6.45, 7) is 12.2. The minimum atomic E-state index is -1.56. The number of aromatic carboxylic acids is 4. The molecule has 4 fully saturated rings. The Morgan fingerprint density at radius 2 is 1.10 bits per heavy atom. The number of hydrogen-bond donors (Lipinski definition) is 0. The van der Waals surface area contributed by atoms with Gasteiger partial charge in [-0.1, -0.05) is 132 Å². The van der Waals surface area contributed by atoms with Crippen LogP contribution in [0.3, 0.4) is 0 Å². The predicted molar refractivity (Wildman–Crippen MR) is 275 cm³/mol. The van der Waals surface area contributed by atoms with E-state index in [4.69, 9.17) is 32.7 Å². The van der Waals surface area contributed by atoms with E-state index in [2.05, 4.69) is 34.6 Å². The largest absolute Gasteiger partial charge is 1.00 e. The first-order valence-electron chi connectivity index (χ1n) is 26.4. The number of carbonyl (C=O) groups excluding carboxylic acids is 4. The summed E-state index contributed by atoms with van der Waals surface area (Å²) in [7, 11) is 0. The van der Waals surface area contributed by atoms with Gasteiger partial charge in [0.1, 0.15) is 24.7 Å². The Kier molecular flexibility index (Phi) is 26.4. The van der Waals surface area contributed by atoms with Gasteiger partial charge in [-0.05, 0) is 192 Å². The van der Waals surface area contributed by atoms with Crippen LogP contribution in [0.15, 0.2) is 78.9 Å². The summed E-state index contributed by atoms with van der Waals surface area (Å²) in [6.07, 6.45) is 19.0. The van der Waals surface area contributed by atoms with E-state index < -0.39 is 23.9 Å². The van der Waals surface area contributed by atoms with Gasteiger partial charge in [-0.25, -0.2) is 0 Å². The third kappa shape index (κ3) is 15.7. The Morgan fingerprint density at radius 1 is 0.610 bits per heavy atom. The number of carboxylic acid groups (broad SMARTS) is 4. The van der Waals surface area contributed by atoms with Gasteiger partial charge in [-0.15, -0.1) is 0 Å². The van der Waals surface area contributed by atoms with Crippen molar-refractivity contribution in [2.75, 3.05) is 0 Å². The van der Waals surface area contributed by atoms with Gasteiger partial charge < -0.3 is 49.1 Å². The molecule has 0 aromatic heterocycles. The molecule has 0 bridgehead atoms. The number of carbonyl (C=O) groups is 4. The molecule has 4 aromatic carbocycles. The molecule has 2 unspecified atom stereocenters. The van der Waals surface area contributed by atoms with Crippen molar-refractivity contribution in [2.45, 2.75) is 138 Å². The fourth-order valence-electron chi connectivity index (χ4n) is 14.4. The zero-order chi connectivity index (χ0) is 52.4. The molecule has 0 amide bonds. The summed E-state index contributed by atoms with van der Waals surface area (Å²) >= 11 is 13.7. The van der Waals surface area contributed by atoms with Crippen molar-refractivity contribution in [3.05, 3.63) is 133 Å². The minimum absolute atomic E-state index is 0. The second-order valence-electron chi connectivity index (χ2n) is 22.8. The molecule has 10 nitrogen and oxygen atoms in total. The average Bonchev–Trinajstić information content (AvgIpc) is 3.72. The van der Waals surface area contributed by atoms with Crippen molar-refractivity contribution in [3.63, 3.8) is 0 Å². The van der Waals surface area contributed by atoms with E-state index in [9.17, 15) is 39.6 Å². The fraction of sp³-hybridized carbons (Fsp3) is 0.508. The summed E-state index contributed by atoms with van der Waals surface area (Å²) in [6, 6.07) is 17.4. The van der Waals surface area contributed by atoms with Crippen LogP contribution >= 0.6 is 23.2 Å². The van der Waals surface area contributed by atoms with Crippen LogP contribution in [-0.2, 0) is 13.2 Å². The number of benzene rings is 4. The number of ether oxygens (including phenoxy) is 2. The Labute approximate surface area is 554 Å². The minimum Gasteiger partial charge on any atom is -0.545 e. The van der Waals surface area contributed by atoms with Crippen LogP contribution in [-0.4, -0.2) is 23.9 Å². The summed E-state index contributed by atoms with van der Waals surface area (Å²) in [5.74, 6) is -0.180. The maximum Gasteiger partial charge on any atom is 1.00 e. The van der Waals surface area contributed by atoms with Gasteiger partial charge in [-0.2, -0.15) is 0 Å². The van der Waals surface area contributed by atoms with Crippen LogP contribution in [0.5, 0.6) is 11.5 Å². The first-order chi connectivity index (χ1) is 34.8. The first kappa shape index (κ1) is 68.2. The molecule has 0 radical (unpaired) electrons. The maximum absolute atomic E-state index is 12.8. The smallest absolute Gasteiger partial charge is 0.545 e. The summed E-state index contributed by atoms with van der Waals surface area (Å²) in [5.41, 5.74) is 2.34. The van der Waals surface area contributed by atoms with Crippen molar-refractivity contribution >= 4 is 52.7 Å². The van der Waals surface area contributed by atoms with Crippen LogP contribution in [0.1, 0.15) is 188 Å². The number of carboxylic acids is 4. The number of hydrogen-bond acceptors (Lipinski definition) is 10. The van der Waals surface area contributed by atoms with Gasteiger partial charge in [-0.3, -0.25) is 0 Å². The molecule has 77 heavy (non-hydrogen) atoms. The molecular weight excluding hydrogens is 1060 g/mol. The molecule has 0 aliphatic heterocycles. The second kappa shape index (κ2) is 29.8. The van der Waals surface area contributed by atoms with E-state index in [1.807, 2.05) is 6.08 Å². The average molecular weight is 1120 g/mol. The Hall–Kier alpha value is -1.32. The Balaban J connectivity index is 0.00000320. The number of halogens is 2. The SMILES string of the molecule is CC(C)CCCC(C)[C@H]1CC[C@H]2[C@@H]3CCC4C[C@@H](CCC=C(c5cc(Cl)c(OCc6ccc(C(=O)[O-])cc6)c(C(=O)[O-])c5)c5cc(Cl)c(OCc6ccc(C(=O)[O-])cc6)c(C(=O)[O-])c5)CC[C@]4(C)[C@H]3CC[C@]12C.[Na+].[Na+].[Na+].[Na+]. The molecule has 4 saturated carbocycles. The molecule has 0 heterocycles. The maximum atomic E-state index is 12.8. The fourth-order valence-corrected chi connectivity index (χ4v) is 14.9. The molecule has 4 aromatic rings. The molecule has 0 saturated heterocycles. The topological polar surface area (TPSA) is 179 Å². The molecule has 390 valence electrons. The van der Waals surface area contributed by atoms with Crippen molar-refractivity contribution in [1.29, 1.82) is 0 Å². The van der Waals surface area contributed by atoms with E-state index in [1.165, 1.54) is 125 Å². The molecule has 4 aliphatic rings. The van der Waals surface area contributed by atoms with Crippen molar-refractivity contribution < 1.29 is 167 Å². The third-order valence-electron chi connectivity index (χ3n) is 18.2. The van der Waals surface area contributed by atoms with Gasteiger partial charge in [0.15, 0.2) is 0 Å². The summed E-state index contributed by atoms with van der Waals surface area (Å²) < 4.78 is 11.9. The third-order valence-corrected chi connectivity index (χ3v) is 18.8. The van der Waals surface area contributed by atoms with Gasteiger partial charge in [0.05, 0.1) is 33.9 Å². The normalized spacial score (nSPS) is 24.4. The molecule has 0 N–H and O–H groups in total. The van der Waals surface area contributed by atoms with Crippen molar-refractivity contribution in [3.8, 4) is 11.5 Å². The first-order valence-corrected chi connectivity index (χ1v) is 27.2. The molecule has 0 spiro atoms. The van der Waals surface area contributed by atoms with Gasteiger partial charge in [0.2, 0.25) is 0 Å². The predicted octanol–water partition coefficient (Wildman–Crippen LogP) is -1.43. The number of rotatable bonds is 20. The van der Waals surface area contributed by atoms with Crippen molar-refractivity contribution in [1.82, 2.24) is 0 Å². The monoisotopic (exact) mass is 1120 g/mol. The standard InChI is InChI=1S/C61H72Cl2O10.4Na/c1-35(2)8-6-9-36(3)49-22-23-50-46-21-20-44-28-37(24-26-60(44,4)51(46)25-27-61(49,50)5)10-7-11-45(42-29-47(58(68)69)54(52(62)31-42)72-33-38-12-16-40(17-13-38)56(64)65)43-30-48(59(70)71)55(53(63)32-43)73-34-39-14-18-41(19-15-39)57(66)67;;;;/h11-19,29-32,35-37,44,46,49-51H,6-10,20-28,33-34H2,1-5H3,(H,64,65)(H,66,67)(H,68,69)(H,70,71);;;;/q;4*+1/p-4/t36?,37-,44?,46-,49+,50-,51-,60-,61+;;;;/m0..../s1. The van der Waals surface area contributed by atoms with Crippen LogP contribution in [0, 0.1) is 58.2 Å². The molecular formula is C61H68Cl2Na4O10. The van der Waals surface area contributed by atoms with Gasteiger partial charge in [0.25, 0.3) is 0 Å². The zero-order valence-corrected chi connectivity index (χ0v) is 56.3. The van der Waals surface area contributed by atoms with Crippen LogP contribution in [0.25, 0.3) is 5.57 Å². The van der Waals surface area contributed by atoms with E-state index >= 15 is 0 Å². The summed E-state index contributed by atoms with van der Waals surface area (Å²) in [4.78, 5) is 48.2. The molecule has 9 atom stereocenters. The second-order valence-corrected chi connectivity index (χ2v) is 23.6. The van der Waals surface area contributed by atoms with E-state index in [1.54, 1.807) is 12.1 Å². The zero-order valence-electron chi connectivity index (χ0n) is 46.8. The van der Waals surface area contributed by atoms with Crippen LogP contribution in [0.4, 0.5) is 0 Å².